The maximum Gasteiger partial charge on any atom is 0.227 e. The van der Waals surface area contributed by atoms with Crippen LogP contribution in [0.5, 0.6) is 0 Å². The molecule has 0 spiro atoms. The van der Waals surface area contributed by atoms with E-state index in [-0.39, 0.29) is 0 Å². The molecular formula is C54H32Br2N2O2. The molecule has 10 aromatic carbocycles. The Balaban J connectivity index is 0.000000136. The fourth-order valence-electron chi connectivity index (χ4n) is 8.36. The fourth-order valence-corrected chi connectivity index (χ4v) is 9.34. The molecule has 0 amide bonds. The Morgan fingerprint density at radius 1 is 0.317 bits per heavy atom. The molecule has 0 atom stereocenters. The highest BCUT2D eigenvalue weighted by Crippen LogP contribution is 2.41. The number of hydrogen-bond acceptors (Lipinski definition) is 4. The van der Waals surface area contributed by atoms with Gasteiger partial charge in [-0.25, -0.2) is 9.97 Å². The predicted molar refractivity (Wildman–Crippen MR) is 255 cm³/mol. The summed E-state index contributed by atoms with van der Waals surface area (Å²) in [6, 6.07) is 67.2. The van der Waals surface area contributed by atoms with Gasteiger partial charge in [0.2, 0.25) is 11.8 Å². The predicted octanol–water partition coefficient (Wildman–Crippen LogP) is 16.5. The number of para-hydroxylation sites is 4. The van der Waals surface area contributed by atoms with Gasteiger partial charge in [-0.3, -0.25) is 0 Å². The summed E-state index contributed by atoms with van der Waals surface area (Å²) in [5.41, 5.74) is 9.94. The van der Waals surface area contributed by atoms with Crippen molar-refractivity contribution in [3.8, 4) is 45.2 Å². The van der Waals surface area contributed by atoms with Crippen molar-refractivity contribution in [3.63, 3.8) is 0 Å². The summed E-state index contributed by atoms with van der Waals surface area (Å²) < 4.78 is 14.1. The number of hydrogen-bond donors (Lipinski definition) is 0. The third-order valence-electron chi connectivity index (χ3n) is 11.0. The first-order valence-electron chi connectivity index (χ1n) is 19.7. The summed E-state index contributed by atoms with van der Waals surface area (Å²) in [6.07, 6.45) is 0. The van der Waals surface area contributed by atoms with E-state index in [1.54, 1.807) is 0 Å². The molecule has 0 unspecified atom stereocenters. The molecule has 0 saturated carbocycles. The Morgan fingerprint density at radius 2 is 0.633 bits per heavy atom. The second kappa shape index (κ2) is 15.1. The van der Waals surface area contributed by atoms with Crippen molar-refractivity contribution in [2.75, 3.05) is 0 Å². The van der Waals surface area contributed by atoms with Gasteiger partial charge < -0.3 is 8.83 Å². The molecule has 6 heteroatoms. The van der Waals surface area contributed by atoms with Gasteiger partial charge in [0.15, 0.2) is 11.2 Å². The third-order valence-corrected chi connectivity index (χ3v) is 11.9. The highest BCUT2D eigenvalue weighted by atomic mass is 79.9. The minimum atomic E-state index is 0.628. The van der Waals surface area contributed by atoms with Crippen molar-refractivity contribution in [2.24, 2.45) is 0 Å². The van der Waals surface area contributed by atoms with Crippen LogP contribution in [-0.2, 0) is 0 Å². The van der Waals surface area contributed by atoms with E-state index in [0.717, 1.165) is 53.4 Å². The van der Waals surface area contributed by atoms with E-state index in [0.29, 0.717) is 11.8 Å². The molecule has 2 heterocycles. The lowest BCUT2D eigenvalue weighted by Crippen LogP contribution is -1.87. The fraction of sp³-hybridized carbons (Fsp3) is 0. The SMILES string of the molecule is Brc1cc(-c2nc3ccccc3o2)cc(-c2c3ccccc3cc3ccccc23)c1.Brc1cc(-c2nc3ccccc3o2)cc(-c2c3ccccc3cc3ccccc23)c1. The lowest BCUT2D eigenvalue weighted by atomic mass is 9.91. The van der Waals surface area contributed by atoms with Crippen LogP contribution in [0.25, 0.3) is 110 Å². The summed E-state index contributed by atoms with van der Waals surface area (Å²) >= 11 is 7.42. The minimum absolute atomic E-state index is 0.628. The Bertz CT molecular complexity index is 3190. The number of nitrogens with zero attached hydrogens (tertiary/aromatic N) is 2. The van der Waals surface area contributed by atoms with E-state index >= 15 is 0 Å². The Kier molecular flexibility index (Phi) is 9.10. The number of aromatic nitrogens is 2. The van der Waals surface area contributed by atoms with Crippen LogP contribution in [0.4, 0.5) is 0 Å². The summed E-state index contributed by atoms with van der Waals surface area (Å²) in [4.78, 5) is 9.39. The normalized spacial score (nSPS) is 11.5. The van der Waals surface area contributed by atoms with E-state index in [1.807, 2.05) is 48.5 Å². The van der Waals surface area contributed by atoms with Crippen molar-refractivity contribution < 1.29 is 8.83 Å². The van der Waals surface area contributed by atoms with Crippen molar-refractivity contribution in [1.29, 1.82) is 0 Å². The first kappa shape index (κ1) is 36.2. The van der Waals surface area contributed by atoms with Gasteiger partial charge in [-0.15, -0.1) is 0 Å². The highest BCUT2D eigenvalue weighted by Gasteiger charge is 2.16. The monoisotopic (exact) mass is 898 g/mol. The molecule has 0 bridgehead atoms. The van der Waals surface area contributed by atoms with Crippen molar-refractivity contribution in [3.05, 3.63) is 203 Å². The molecule has 0 aliphatic rings. The second-order valence-electron chi connectivity index (χ2n) is 14.8. The van der Waals surface area contributed by atoms with E-state index in [9.17, 15) is 0 Å². The highest BCUT2D eigenvalue weighted by molar-refractivity contribution is 9.10. The summed E-state index contributed by atoms with van der Waals surface area (Å²) in [6.45, 7) is 0. The average Bonchev–Trinajstić information content (AvgIpc) is 3.93. The van der Waals surface area contributed by atoms with Gasteiger partial charge in [0.1, 0.15) is 11.0 Å². The minimum Gasteiger partial charge on any atom is -0.436 e. The van der Waals surface area contributed by atoms with E-state index in [4.69, 9.17) is 18.8 Å². The van der Waals surface area contributed by atoms with E-state index in [1.165, 1.54) is 54.2 Å². The summed E-state index contributed by atoms with van der Waals surface area (Å²) in [7, 11) is 0. The Labute approximate surface area is 362 Å². The van der Waals surface area contributed by atoms with E-state index < -0.39 is 0 Å². The number of benzene rings is 10. The van der Waals surface area contributed by atoms with Crippen LogP contribution >= 0.6 is 31.9 Å². The topological polar surface area (TPSA) is 52.1 Å². The van der Waals surface area contributed by atoms with Crippen LogP contribution < -0.4 is 0 Å². The Hall–Kier alpha value is -6.86. The van der Waals surface area contributed by atoms with Crippen LogP contribution in [0.1, 0.15) is 0 Å². The van der Waals surface area contributed by atoms with Gasteiger partial charge >= 0.3 is 0 Å². The summed E-state index contributed by atoms with van der Waals surface area (Å²) in [5.74, 6) is 1.26. The quantitative estimate of drug-likeness (QED) is 0.165. The summed E-state index contributed by atoms with van der Waals surface area (Å²) in [5, 5.41) is 9.86. The van der Waals surface area contributed by atoms with Crippen LogP contribution in [0.2, 0.25) is 0 Å². The van der Waals surface area contributed by atoms with Gasteiger partial charge in [-0.2, -0.15) is 0 Å². The molecule has 12 rings (SSSR count). The van der Waals surface area contributed by atoms with Crippen molar-refractivity contribution in [1.82, 2.24) is 9.97 Å². The lowest BCUT2D eigenvalue weighted by molar-refractivity contribution is 0.619. The molecule has 0 fully saturated rings. The molecule has 60 heavy (non-hydrogen) atoms. The zero-order valence-electron chi connectivity index (χ0n) is 31.9. The average molecular weight is 901 g/mol. The lowest BCUT2D eigenvalue weighted by Gasteiger charge is -2.13. The molecule has 0 saturated heterocycles. The molecule has 0 aliphatic carbocycles. The number of rotatable bonds is 4. The van der Waals surface area contributed by atoms with E-state index in [2.05, 4.69) is 177 Å². The smallest absolute Gasteiger partial charge is 0.227 e. The molecule has 284 valence electrons. The van der Waals surface area contributed by atoms with Gasteiger partial charge in [0, 0.05) is 20.1 Å². The van der Waals surface area contributed by atoms with Gasteiger partial charge in [-0.1, -0.05) is 153 Å². The van der Waals surface area contributed by atoms with Crippen LogP contribution in [0, 0.1) is 0 Å². The van der Waals surface area contributed by atoms with Gasteiger partial charge in [0.25, 0.3) is 0 Å². The molecule has 0 aliphatic heterocycles. The molecule has 2 aromatic heterocycles. The number of oxazole rings is 2. The molecule has 0 radical (unpaired) electrons. The first-order valence-corrected chi connectivity index (χ1v) is 21.3. The van der Waals surface area contributed by atoms with Crippen molar-refractivity contribution in [2.45, 2.75) is 0 Å². The zero-order valence-corrected chi connectivity index (χ0v) is 35.1. The maximum atomic E-state index is 6.04. The number of fused-ring (bicyclic) bond motifs is 6. The standard InChI is InChI=1S/2C27H16BrNO/c2*28-21-15-19(14-20(16-21)27-29-24-11-5-6-12-25(24)30-27)26-22-9-3-1-7-17(22)13-18-8-2-4-10-23(18)26/h2*1-16H. The molecule has 12 aromatic rings. The zero-order chi connectivity index (χ0) is 40.2. The largest absolute Gasteiger partial charge is 0.436 e. The third kappa shape index (κ3) is 6.64. The Morgan fingerprint density at radius 3 is 1.00 bits per heavy atom. The van der Waals surface area contributed by atoms with Crippen LogP contribution in [0.3, 0.4) is 0 Å². The molecule has 0 N–H and O–H groups in total. The van der Waals surface area contributed by atoms with Crippen molar-refractivity contribution >= 4 is 97.1 Å². The van der Waals surface area contributed by atoms with Crippen LogP contribution in [-0.4, -0.2) is 9.97 Å². The second-order valence-corrected chi connectivity index (χ2v) is 16.6. The molecular weight excluding hydrogens is 868 g/mol. The van der Waals surface area contributed by atoms with Crippen LogP contribution in [0.15, 0.2) is 212 Å². The number of halogens is 2. The maximum absolute atomic E-state index is 6.04. The van der Waals surface area contributed by atoms with Gasteiger partial charge in [0.05, 0.1) is 0 Å². The molecule has 4 nitrogen and oxygen atoms in total. The van der Waals surface area contributed by atoms with Gasteiger partial charge in [-0.05, 0) is 138 Å². The first-order chi connectivity index (χ1) is 29.5.